The van der Waals surface area contributed by atoms with Crippen molar-refractivity contribution in [3.63, 3.8) is 0 Å². The fourth-order valence-corrected chi connectivity index (χ4v) is 3.94. The number of rotatable bonds is 3. The molecule has 0 radical (unpaired) electrons. The van der Waals surface area contributed by atoms with Gasteiger partial charge in [0.15, 0.2) is 5.69 Å². The second-order valence-electron chi connectivity index (χ2n) is 6.80. The number of amides is 1. The standard InChI is InChI=1S/C19H22FN3O/c20-15-10-4-5-11-17(15)23-16-12-6-9-14(16)18(22-23)19(24)21-13-7-2-1-3-8-13/h4-5,10-11,13H,1-3,6-9,12H2,(H,21,24). The number of nitrogens with zero attached hydrogens (tertiary/aromatic N) is 2. The van der Waals surface area contributed by atoms with Crippen LogP contribution < -0.4 is 5.32 Å². The highest BCUT2D eigenvalue weighted by Crippen LogP contribution is 2.29. The van der Waals surface area contributed by atoms with E-state index in [2.05, 4.69) is 10.4 Å². The van der Waals surface area contributed by atoms with Crippen LogP contribution in [0.5, 0.6) is 0 Å². The SMILES string of the molecule is O=C(NC1CCCCC1)c1nn(-c2ccccc2F)c2c1CCC2. The Hall–Kier alpha value is -2.17. The van der Waals surface area contributed by atoms with Crippen LogP contribution in [0.25, 0.3) is 5.69 Å². The zero-order valence-electron chi connectivity index (χ0n) is 13.7. The van der Waals surface area contributed by atoms with Crippen molar-refractivity contribution in [2.24, 2.45) is 0 Å². The topological polar surface area (TPSA) is 46.9 Å². The van der Waals surface area contributed by atoms with Gasteiger partial charge in [-0.15, -0.1) is 0 Å². The summed E-state index contributed by atoms with van der Waals surface area (Å²) in [7, 11) is 0. The van der Waals surface area contributed by atoms with Gasteiger partial charge >= 0.3 is 0 Å². The summed E-state index contributed by atoms with van der Waals surface area (Å²) in [6.45, 7) is 0. The van der Waals surface area contributed by atoms with Gasteiger partial charge in [-0.25, -0.2) is 9.07 Å². The highest BCUT2D eigenvalue weighted by Gasteiger charge is 2.28. The van der Waals surface area contributed by atoms with Crippen molar-refractivity contribution in [3.05, 3.63) is 47.0 Å². The third-order valence-corrected chi connectivity index (χ3v) is 5.17. The summed E-state index contributed by atoms with van der Waals surface area (Å²) in [6.07, 6.45) is 8.36. The molecule has 5 heteroatoms. The molecule has 24 heavy (non-hydrogen) atoms. The van der Waals surface area contributed by atoms with Gasteiger partial charge < -0.3 is 5.32 Å². The number of carbonyl (C=O) groups excluding carboxylic acids is 1. The van der Waals surface area contributed by atoms with Crippen LogP contribution in [-0.2, 0) is 12.8 Å². The van der Waals surface area contributed by atoms with Crippen LogP contribution in [0.15, 0.2) is 24.3 Å². The zero-order valence-corrected chi connectivity index (χ0v) is 13.7. The Morgan fingerprint density at radius 3 is 2.71 bits per heavy atom. The van der Waals surface area contributed by atoms with E-state index in [1.807, 2.05) is 0 Å². The van der Waals surface area contributed by atoms with E-state index >= 15 is 0 Å². The van der Waals surface area contributed by atoms with E-state index in [9.17, 15) is 9.18 Å². The number of benzene rings is 1. The van der Waals surface area contributed by atoms with Crippen LogP contribution in [0.1, 0.15) is 60.3 Å². The van der Waals surface area contributed by atoms with Crippen molar-refractivity contribution in [3.8, 4) is 5.69 Å². The van der Waals surface area contributed by atoms with E-state index in [0.717, 1.165) is 43.4 Å². The molecule has 2 aliphatic rings. The van der Waals surface area contributed by atoms with Gasteiger partial charge in [0.1, 0.15) is 11.5 Å². The monoisotopic (exact) mass is 327 g/mol. The average Bonchev–Trinajstić information content (AvgIpc) is 3.19. The molecule has 1 saturated carbocycles. The van der Waals surface area contributed by atoms with Crippen LogP contribution in [0.4, 0.5) is 4.39 Å². The Kier molecular flexibility index (Phi) is 4.08. The van der Waals surface area contributed by atoms with E-state index in [1.54, 1.807) is 22.9 Å². The first kappa shape index (κ1) is 15.4. The fraction of sp³-hybridized carbons (Fsp3) is 0.474. The van der Waals surface area contributed by atoms with Crippen LogP contribution in [-0.4, -0.2) is 21.7 Å². The van der Waals surface area contributed by atoms with Gasteiger partial charge in [0.25, 0.3) is 5.91 Å². The van der Waals surface area contributed by atoms with E-state index < -0.39 is 0 Å². The predicted molar refractivity (Wildman–Crippen MR) is 89.9 cm³/mol. The van der Waals surface area contributed by atoms with Gasteiger partial charge in [0, 0.05) is 17.3 Å². The number of nitrogens with one attached hydrogen (secondary N) is 1. The number of carbonyl (C=O) groups is 1. The molecule has 2 aliphatic carbocycles. The van der Waals surface area contributed by atoms with Gasteiger partial charge in [-0.2, -0.15) is 5.10 Å². The van der Waals surface area contributed by atoms with Crippen LogP contribution in [0.3, 0.4) is 0 Å². The second kappa shape index (κ2) is 6.38. The number of para-hydroxylation sites is 1. The molecule has 0 atom stereocenters. The number of hydrogen-bond donors (Lipinski definition) is 1. The average molecular weight is 327 g/mol. The lowest BCUT2D eigenvalue weighted by atomic mass is 9.95. The highest BCUT2D eigenvalue weighted by molar-refractivity contribution is 5.94. The quantitative estimate of drug-likeness (QED) is 0.937. The Morgan fingerprint density at radius 1 is 1.12 bits per heavy atom. The molecule has 0 aliphatic heterocycles. The summed E-state index contributed by atoms with van der Waals surface area (Å²) in [5, 5.41) is 7.63. The van der Waals surface area contributed by atoms with Crippen molar-refractivity contribution < 1.29 is 9.18 Å². The molecule has 1 N–H and O–H groups in total. The lowest BCUT2D eigenvalue weighted by molar-refractivity contribution is 0.0921. The first-order valence-electron chi connectivity index (χ1n) is 8.90. The van der Waals surface area contributed by atoms with Crippen molar-refractivity contribution in [2.75, 3.05) is 0 Å². The molecular weight excluding hydrogens is 305 g/mol. The molecule has 0 spiro atoms. The molecule has 2 aromatic rings. The van der Waals surface area contributed by atoms with E-state index in [-0.39, 0.29) is 17.8 Å². The number of fused-ring (bicyclic) bond motifs is 1. The van der Waals surface area contributed by atoms with E-state index in [4.69, 9.17) is 0 Å². The lowest BCUT2D eigenvalue weighted by Crippen LogP contribution is -2.36. The Morgan fingerprint density at radius 2 is 1.92 bits per heavy atom. The zero-order chi connectivity index (χ0) is 16.5. The summed E-state index contributed by atoms with van der Waals surface area (Å²) in [5.41, 5.74) is 2.88. The first-order chi connectivity index (χ1) is 11.7. The third-order valence-electron chi connectivity index (χ3n) is 5.17. The molecule has 1 amide bonds. The number of hydrogen-bond acceptors (Lipinski definition) is 2. The van der Waals surface area contributed by atoms with Crippen LogP contribution in [0.2, 0.25) is 0 Å². The molecule has 4 nitrogen and oxygen atoms in total. The number of aromatic nitrogens is 2. The van der Waals surface area contributed by atoms with Gasteiger partial charge in [-0.05, 0) is 44.2 Å². The molecule has 0 bridgehead atoms. The van der Waals surface area contributed by atoms with E-state index in [1.165, 1.54) is 25.3 Å². The minimum Gasteiger partial charge on any atom is -0.348 e. The van der Waals surface area contributed by atoms with Crippen molar-refractivity contribution in [1.29, 1.82) is 0 Å². The molecule has 1 fully saturated rings. The minimum atomic E-state index is -0.311. The summed E-state index contributed by atoms with van der Waals surface area (Å²) >= 11 is 0. The summed E-state index contributed by atoms with van der Waals surface area (Å²) in [6, 6.07) is 6.86. The van der Waals surface area contributed by atoms with Crippen molar-refractivity contribution in [1.82, 2.24) is 15.1 Å². The Bertz CT molecular complexity index is 762. The first-order valence-corrected chi connectivity index (χ1v) is 8.90. The highest BCUT2D eigenvalue weighted by atomic mass is 19.1. The second-order valence-corrected chi connectivity index (χ2v) is 6.80. The number of halogens is 1. The van der Waals surface area contributed by atoms with Gasteiger partial charge in [-0.1, -0.05) is 31.4 Å². The van der Waals surface area contributed by atoms with Crippen molar-refractivity contribution >= 4 is 5.91 Å². The molecule has 1 aromatic heterocycles. The lowest BCUT2D eigenvalue weighted by Gasteiger charge is -2.22. The Labute approximate surface area is 141 Å². The normalized spacial score (nSPS) is 17.7. The van der Waals surface area contributed by atoms with Crippen LogP contribution in [0, 0.1) is 5.82 Å². The maximum atomic E-state index is 14.2. The summed E-state index contributed by atoms with van der Waals surface area (Å²) in [5.74, 6) is -0.413. The maximum absolute atomic E-state index is 14.2. The van der Waals surface area contributed by atoms with Gasteiger partial charge in [0.2, 0.25) is 0 Å². The molecular formula is C19H22FN3O. The smallest absolute Gasteiger partial charge is 0.272 e. The third kappa shape index (κ3) is 2.72. The minimum absolute atomic E-state index is 0.102. The maximum Gasteiger partial charge on any atom is 0.272 e. The summed E-state index contributed by atoms with van der Waals surface area (Å²) in [4.78, 5) is 12.7. The van der Waals surface area contributed by atoms with Gasteiger partial charge in [0.05, 0.1) is 0 Å². The Balaban J connectivity index is 1.66. The largest absolute Gasteiger partial charge is 0.348 e. The van der Waals surface area contributed by atoms with Gasteiger partial charge in [-0.3, -0.25) is 4.79 Å². The molecule has 1 aromatic carbocycles. The summed E-state index contributed by atoms with van der Waals surface area (Å²) < 4.78 is 15.8. The van der Waals surface area contributed by atoms with Crippen LogP contribution >= 0.6 is 0 Å². The fourth-order valence-electron chi connectivity index (χ4n) is 3.94. The molecule has 126 valence electrons. The van der Waals surface area contributed by atoms with Crippen molar-refractivity contribution in [2.45, 2.75) is 57.4 Å². The molecule has 0 saturated heterocycles. The molecule has 1 heterocycles. The predicted octanol–water partition coefficient (Wildman–Crippen LogP) is 3.56. The molecule has 0 unspecified atom stereocenters. The molecule has 4 rings (SSSR count). The van der Waals surface area contributed by atoms with E-state index in [0.29, 0.717) is 11.4 Å².